The van der Waals surface area contributed by atoms with Crippen LogP contribution in [0.3, 0.4) is 0 Å². The first-order chi connectivity index (χ1) is 11.5. The summed E-state index contributed by atoms with van der Waals surface area (Å²) >= 11 is 2.02. The van der Waals surface area contributed by atoms with Crippen LogP contribution in [-0.2, 0) is 6.54 Å². The zero-order valence-corrected chi connectivity index (χ0v) is 16.2. The van der Waals surface area contributed by atoms with Crippen molar-refractivity contribution < 1.29 is 9.47 Å². The Labute approximate surface area is 149 Å². The van der Waals surface area contributed by atoms with Crippen LogP contribution in [0.5, 0.6) is 11.5 Å². The predicted molar refractivity (Wildman–Crippen MR) is 102 cm³/mol. The fraction of sp³-hybridized carbons (Fsp3) is 0.611. The van der Waals surface area contributed by atoms with Gasteiger partial charge in [0.1, 0.15) is 0 Å². The minimum atomic E-state index is 0.252. The highest BCUT2D eigenvalue weighted by molar-refractivity contribution is 8.00. The van der Waals surface area contributed by atoms with Crippen molar-refractivity contribution >= 4 is 17.7 Å². The number of thioether (sulfide) groups is 1. The number of methoxy groups -OCH3 is 2. The van der Waals surface area contributed by atoms with Crippen LogP contribution in [0.1, 0.15) is 26.3 Å². The van der Waals surface area contributed by atoms with Gasteiger partial charge in [-0.25, -0.2) is 4.99 Å². The molecule has 0 aliphatic carbocycles. The van der Waals surface area contributed by atoms with Crippen molar-refractivity contribution in [1.29, 1.82) is 0 Å². The Morgan fingerprint density at radius 1 is 1.33 bits per heavy atom. The van der Waals surface area contributed by atoms with Gasteiger partial charge in [-0.2, -0.15) is 11.8 Å². The monoisotopic (exact) mass is 351 g/mol. The average Bonchev–Trinajstić information content (AvgIpc) is 2.57. The molecule has 1 heterocycles. The predicted octanol–water partition coefficient (Wildman–Crippen LogP) is 3.00. The molecule has 1 aliphatic rings. The summed E-state index contributed by atoms with van der Waals surface area (Å²) < 4.78 is 11.1. The van der Waals surface area contributed by atoms with Gasteiger partial charge >= 0.3 is 0 Å². The van der Waals surface area contributed by atoms with Crippen LogP contribution in [0.2, 0.25) is 0 Å². The Bertz CT molecular complexity index is 575. The topological polar surface area (TPSA) is 46.1 Å². The summed E-state index contributed by atoms with van der Waals surface area (Å²) in [6.45, 7) is 10.1. The quantitative estimate of drug-likeness (QED) is 0.653. The molecule has 2 rings (SSSR count). The second-order valence-corrected chi connectivity index (χ2v) is 8.15. The number of hydrogen-bond acceptors (Lipinski definition) is 4. The maximum Gasteiger partial charge on any atom is 0.194 e. The Hall–Kier alpha value is -1.56. The highest BCUT2D eigenvalue weighted by Gasteiger charge is 2.28. The largest absolute Gasteiger partial charge is 0.493 e. The molecule has 0 amide bonds. The lowest BCUT2D eigenvalue weighted by Gasteiger charge is -2.39. The standard InChI is InChI=1S/C18H29N3O2S/c1-6-19-17(21-10-11-24-18(2,3)13-21)20-12-14-8-7-9-15(22-4)16(14)23-5/h7-9H,6,10-13H2,1-5H3,(H,19,20). The van der Waals surface area contributed by atoms with Crippen LogP contribution in [-0.4, -0.2) is 55.2 Å². The van der Waals surface area contributed by atoms with Gasteiger partial charge in [-0.15, -0.1) is 0 Å². The van der Waals surface area contributed by atoms with Gasteiger partial charge in [0, 0.05) is 35.7 Å². The average molecular weight is 352 g/mol. The van der Waals surface area contributed by atoms with Gasteiger partial charge in [-0.1, -0.05) is 12.1 Å². The number of benzene rings is 1. The van der Waals surface area contributed by atoms with E-state index in [1.807, 2.05) is 30.0 Å². The Morgan fingerprint density at radius 3 is 2.75 bits per heavy atom. The van der Waals surface area contributed by atoms with E-state index in [0.29, 0.717) is 6.54 Å². The van der Waals surface area contributed by atoms with Crippen LogP contribution < -0.4 is 14.8 Å². The fourth-order valence-corrected chi connectivity index (χ4v) is 3.97. The molecular weight excluding hydrogens is 322 g/mol. The molecule has 1 aliphatic heterocycles. The van der Waals surface area contributed by atoms with Crippen molar-refractivity contribution in [3.63, 3.8) is 0 Å². The minimum Gasteiger partial charge on any atom is -0.493 e. The number of rotatable bonds is 5. The van der Waals surface area contributed by atoms with Crippen molar-refractivity contribution in [2.75, 3.05) is 39.6 Å². The molecule has 0 radical (unpaired) electrons. The van der Waals surface area contributed by atoms with E-state index in [2.05, 4.69) is 31.0 Å². The number of guanidine groups is 1. The van der Waals surface area contributed by atoms with E-state index >= 15 is 0 Å². The van der Waals surface area contributed by atoms with Crippen LogP contribution in [0.25, 0.3) is 0 Å². The molecule has 1 fully saturated rings. The van der Waals surface area contributed by atoms with Crippen molar-refractivity contribution in [3.8, 4) is 11.5 Å². The van der Waals surface area contributed by atoms with Gasteiger partial charge in [-0.05, 0) is 26.8 Å². The third-order valence-electron chi connectivity index (χ3n) is 3.94. The zero-order valence-electron chi connectivity index (χ0n) is 15.4. The van der Waals surface area contributed by atoms with E-state index in [1.54, 1.807) is 14.2 Å². The first-order valence-corrected chi connectivity index (χ1v) is 9.36. The van der Waals surface area contributed by atoms with Crippen LogP contribution in [0, 0.1) is 0 Å². The summed E-state index contributed by atoms with van der Waals surface area (Å²) in [7, 11) is 3.32. The lowest BCUT2D eigenvalue weighted by atomic mass is 10.2. The van der Waals surface area contributed by atoms with Gasteiger partial charge < -0.3 is 19.7 Å². The molecule has 1 saturated heterocycles. The first kappa shape index (κ1) is 18.8. The molecule has 1 aromatic carbocycles. The van der Waals surface area contributed by atoms with Crippen molar-refractivity contribution in [1.82, 2.24) is 10.2 Å². The van der Waals surface area contributed by atoms with Crippen LogP contribution in [0.4, 0.5) is 0 Å². The normalized spacial score (nSPS) is 17.5. The lowest BCUT2D eigenvalue weighted by Crippen LogP contribution is -2.50. The number of hydrogen-bond donors (Lipinski definition) is 1. The molecule has 1 aromatic rings. The summed E-state index contributed by atoms with van der Waals surface area (Å²) in [5, 5.41) is 3.42. The van der Waals surface area contributed by atoms with Crippen LogP contribution in [0.15, 0.2) is 23.2 Å². The van der Waals surface area contributed by atoms with E-state index < -0.39 is 0 Å². The molecule has 0 aromatic heterocycles. The summed E-state index contributed by atoms with van der Waals surface area (Å²) in [5.74, 6) is 3.59. The van der Waals surface area contributed by atoms with E-state index in [9.17, 15) is 0 Å². The number of para-hydroxylation sites is 1. The third-order valence-corrected chi connectivity index (χ3v) is 5.24. The number of ether oxygens (including phenoxy) is 2. The molecule has 0 bridgehead atoms. The number of aliphatic imine (C=N–C) groups is 1. The van der Waals surface area contributed by atoms with Crippen molar-refractivity contribution in [2.24, 2.45) is 4.99 Å². The smallest absolute Gasteiger partial charge is 0.194 e. The maximum atomic E-state index is 5.51. The van der Waals surface area contributed by atoms with Crippen molar-refractivity contribution in [2.45, 2.75) is 32.1 Å². The van der Waals surface area contributed by atoms with Crippen molar-refractivity contribution in [3.05, 3.63) is 23.8 Å². The van der Waals surface area contributed by atoms with E-state index in [-0.39, 0.29) is 4.75 Å². The SMILES string of the molecule is CCNC(=NCc1cccc(OC)c1OC)N1CCSC(C)(C)C1. The van der Waals surface area contributed by atoms with E-state index in [4.69, 9.17) is 14.5 Å². The molecule has 6 heteroatoms. The van der Waals surface area contributed by atoms with Gasteiger partial charge in [0.15, 0.2) is 17.5 Å². The summed E-state index contributed by atoms with van der Waals surface area (Å²) in [6, 6.07) is 5.91. The second kappa shape index (κ2) is 8.51. The zero-order chi connectivity index (χ0) is 17.6. The number of nitrogens with one attached hydrogen (secondary N) is 1. The fourth-order valence-electron chi connectivity index (χ4n) is 2.86. The van der Waals surface area contributed by atoms with Gasteiger partial charge in [-0.3, -0.25) is 0 Å². The lowest BCUT2D eigenvalue weighted by molar-refractivity contribution is 0.351. The molecule has 5 nitrogen and oxygen atoms in total. The minimum absolute atomic E-state index is 0.252. The molecule has 0 spiro atoms. The second-order valence-electron chi connectivity index (χ2n) is 6.35. The summed E-state index contributed by atoms with van der Waals surface area (Å²) in [6.07, 6.45) is 0. The molecule has 24 heavy (non-hydrogen) atoms. The Morgan fingerprint density at radius 2 is 2.12 bits per heavy atom. The summed E-state index contributed by atoms with van der Waals surface area (Å²) in [4.78, 5) is 7.20. The van der Waals surface area contributed by atoms with Gasteiger partial charge in [0.25, 0.3) is 0 Å². The molecule has 134 valence electrons. The molecular formula is C18H29N3O2S. The third kappa shape index (κ3) is 4.72. The van der Waals surface area contributed by atoms with Crippen LogP contribution >= 0.6 is 11.8 Å². The van der Waals surface area contributed by atoms with E-state index in [1.165, 1.54) is 0 Å². The summed E-state index contributed by atoms with van der Waals surface area (Å²) in [5.41, 5.74) is 1.03. The molecule has 0 unspecified atom stereocenters. The van der Waals surface area contributed by atoms with Gasteiger partial charge in [0.05, 0.1) is 20.8 Å². The number of nitrogens with zero attached hydrogens (tertiary/aromatic N) is 2. The first-order valence-electron chi connectivity index (χ1n) is 8.38. The molecule has 0 atom stereocenters. The Kier molecular flexibility index (Phi) is 6.66. The molecule has 0 saturated carbocycles. The van der Waals surface area contributed by atoms with Gasteiger partial charge in [0.2, 0.25) is 0 Å². The van der Waals surface area contributed by atoms with E-state index in [0.717, 1.165) is 48.4 Å². The Balaban J connectivity index is 2.20. The molecule has 1 N–H and O–H groups in total. The maximum absolute atomic E-state index is 5.51. The highest BCUT2D eigenvalue weighted by atomic mass is 32.2. The highest BCUT2D eigenvalue weighted by Crippen LogP contribution is 2.32.